The number of benzene rings is 2. The first-order valence-corrected chi connectivity index (χ1v) is 7.31. The molecule has 1 amide bonds. The van der Waals surface area contributed by atoms with E-state index < -0.39 is 5.82 Å². The van der Waals surface area contributed by atoms with Gasteiger partial charge < -0.3 is 10.6 Å². The van der Waals surface area contributed by atoms with Crippen LogP contribution < -0.4 is 10.6 Å². The molecule has 2 aromatic rings. The van der Waals surface area contributed by atoms with E-state index in [1.54, 1.807) is 0 Å². The second-order valence-electron chi connectivity index (χ2n) is 5.30. The van der Waals surface area contributed by atoms with Crippen LogP contribution in [0.5, 0.6) is 0 Å². The predicted molar refractivity (Wildman–Crippen MR) is 89.2 cm³/mol. The standard InChI is InChI=1S/C17H18ClFN2O/c1-10-6-11(2)17(12(3)7-10)21-16(22)9-20-15-5-4-13(19)8-14(15)18/h4-8,20H,9H2,1-3H3,(H,21,22). The highest BCUT2D eigenvalue weighted by Crippen LogP contribution is 2.23. The molecule has 0 saturated heterocycles. The summed E-state index contributed by atoms with van der Waals surface area (Å²) in [6, 6.07) is 8.05. The van der Waals surface area contributed by atoms with Crippen molar-refractivity contribution >= 4 is 28.9 Å². The van der Waals surface area contributed by atoms with Gasteiger partial charge in [-0.25, -0.2) is 4.39 Å². The van der Waals surface area contributed by atoms with E-state index in [-0.39, 0.29) is 17.5 Å². The van der Waals surface area contributed by atoms with Crippen molar-refractivity contribution in [3.63, 3.8) is 0 Å². The molecule has 0 saturated carbocycles. The smallest absolute Gasteiger partial charge is 0.243 e. The summed E-state index contributed by atoms with van der Waals surface area (Å²) in [4.78, 5) is 12.1. The third kappa shape index (κ3) is 3.98. The lowest BCUT2D eigenvalue weighted by Gasteiger charge is -2.14. The molecule has 0 radical (unpaired) electrons. The van der Waals surface area contributed by atoms with Gasteiger partial charge in [0.25, 0.3) is 0 Å². The molecule has 5 heteroatoms. The van der Waals surface area contributed by atoms with Gasteiger partial charge in [0.1, 0.15) is 5.82 Å². The second-order valence-corrected chi connectivity index (χ2v) is 5.71. The van der Waals surface area contributed by atoms with E-state index in [4.69, 9.17) is 11.6 Å². The van der Waals surface area contributed by atoms with Crippen LogP contribution in [0, 0.1) is 26.6 Å². The predicted octanol–water partition coefficient (Wildman–Crippen LogP) is 4.45. The zero-order valence-electron chi connectivity index (χ0n) is 12.8. The lowest BCUT2D eigenvalue weighted by molar-refractivity contribution is -0.114. The molecule has 0 fully saturated rings. The SMILES string of the molecule is Cc1cc(C)c(NC(=O)CNc2ccc(F)cc2Cl)c(C)c1. The van der Waals surface area contributed by atoms with E-state index in [2.05, 4.69) is 10.6 Å². The van der Waals surface area contributed by atoms with Crippen molar-refractivity contribution in [2.75, 3.05) is 17.2 Å². The Bertz CT molecular complexity index is 693. The molecule has 0 spiro atoms. The van der Waals surface area contributed by atoms with Gasteiger partial charge in [-0.05, 0) is 50.1 Å². The summed E-state index contributed by atoms with van der Waals surface area (Å²) >= 11 is 5.91. The number of carbonyl (C=O) groups excluding carboxylic acids is 1. The Morgan fingerprint density at radius 3 is 2.36 bits per heavy atom. The van der Waals surface area contributed by atoms with Crippen molar-refractivity contribution in [3.05, 3.63) is 57.9 Å². The topological polar surface area (TPSA) is 41.1 Å². The molecular weight excluding hydrogens is 303 g/mol. The molecule has 0 aromatic heterocycles. The molecule has 22 heavy (non-hydrogen) atoms. The number of halogens is 2. The highest BCUT2D eigenvalue weighted by atomic mass is 35.5. The quantitative estimate of drug-likeness (QED) is 0.873. The molecule has 0 atom stereocenters. The normalized spacial score (nSPS) is 10.4. The fraction of sp³-hybridized carbons (Fsp3) is 0.235. The zero-order chi connectivity index (χ0) is 16.3. The van der Waals surface area contributed by atoms with E-state index in [9.17, 15) is 9.18 Å². The minimum Gasteiger partial charge on any atom is -0.375 e. The maximum absolute atomic E-state index is 13.0. The highest BCUT2D eigenvalue weighted by Gasteiger charge is 2.09. The lowest BCUT2D eigenvalue weighted by atomic mass is 10.1. The Morgan fingerprint density at radius 1 is 1.14 bits per heavy atom. The highest BCUT2D eigenvalue weighted by molar-refractivity contribution is 6.33. The van der Waals surface area contributed by atoms with Crippen molar-refractivity contribution in [3.8, 4) is 0 Å². The van der Waals surface area contributed by atoms with Crippen molar-refractivity contribution in [2.45, 2.75) is 20.8 Å². The molecule has 0 unspecified atom stereocenters. The Balaban J connectivity index is 2.02. The largest absolute Gasteiger partial charge is 0.375 e. The number of rotatable bonds is 4. The van der Waals surface area contributed by atoms with E-state index in [1.165, 1.54) is 18.2 Å². The van der Waals surface area contributed by atoms with Crippen LogP contribution in [-0.2, 0) is 4.79 Å². The molecule has 2 aromatic carbocycles. The Morgan fingerprint density at radius 2 is 1.77 bits per heavy atom. The maximum Gasteiger partial charge on any atom is 0.243 e. The molecule has 2 N–H and O–H groups in total. The first-order chi connectivity index (χ1) is 10.4. The van der Waals surface area contributed by atoms with E-state index in [0.717, 1.165) is 22.4 Å². The van der Waals surface area contributed by atoms with Crippen LogP contribution in [0.1, 0.15) is 16.7 Å². The first-order valence-electron chi connectivity index (χ1n) is 6.93. The van der Waals surface area contributed by atoms with Gasteiger partial charge in [-0.1, -0.05) is 29.3 Å². The molecule has 0 bridgehead atoms. The average molecular weight is 321 g/mol. The fourth-order valence-electron chi connectivity index (χ4n) is 2.37. The van der Waals surface area contributed by atoms with Gasteiger partial charge in [0, 0.05) is 5.69 Å². The molecular formula is C17H18ClFN2O. The number of hydrogen-bond acceptors (Lipinski definition) is 2. The Hall–Kier alpha value is -2.07. The summed E-state index contributed by atoms with van der Waals surface area (Å²) in [5.74, 6) is -0.596. The van der Waals surface area contributed by atoms with Crippen molar-refractivity contribution in [1.82, 2.24) is 0 Å². The van der Waals surface area contributed by atoms with Gasteiger partial charge >= 0.3 is 0 Å². The van der Waals surface area contributed by atoms with Crippen molar-refractivity contribution < 1.29 is 9.18 Å². The third-order valence-corrected chi connectivity index (χ3v) is 3.62. The number of hydrogen-bond donors (Lipinski definition) is 2. The van der Waals surface area contributed by atoms with Gasteiger partial charge in [0.05, 0.1) is 17.3 Å². The Kier molecular flexibility index (Phi) is 5.03. The lowest BCUT2D eigenvalue weighted by Crippen LogP contribution is -2.22. The number of carbonyl (C=O) groups is 1. The van der Waals surface area contributed by atoms with Crippen molar-refractivity contribution in [2.24, 2.45) is 0 Å². The van der Waals surface area contributed by atoms with Gasteiger partial charge in [-0.3, -0.25) is 4.79 Å². The fourth-order valence-corrected chi connectivity index (χ4v) is 2.60. The molecule has 0 aliphatic rings. The number of aryl methyl sites for hydroxylation is 3. The molecule has 0 aliphatic carbocycles. The molecule has 2 rings (SSSR count). The third-order valence-electron chi connectivity index (χ3n) is 3.31. The number of nitrogens with one attached hydrogen (secondary N) is 2. The van der Waals surface area contributed by atoms with Crippen molar-refractivity contribution in [1.29, 1.82) is 0 Å². The average Bonchev–Trinajstić information content (AvgIpc) is 2.42. The summed E-state index contributed by atoms with van der Waals surface area (Å²) in [6.45, 7) is 5.99. The van der Waals surface area contributed by atoms with E-state index in [0.29, 0.717) is 5.69 Å². The van der Waals surface area contributed by atoms with Gasteiger partial charge in [0.15, 0.2) is 0 Å². The monoisotopic (exact) mass is 320 g/mol. The summed E-state index contributed by atoms with van der Waals surface area (Å²) in [5.41, 5.74) is 4.54. The maximum atomic E-state index is 13.0. The minimum atomic E-state index is -0.411. The summed E-state index contributed by atoms with van der Waals surface area (Å²) in [5, 5.41) is 6.03. The van der Waals surface area contributed by atoms with E-state index in [1.807, 2.05) is 32.9 Å². The van der Waals surface area contributed by atoms with Crippen LogP contribution in [0.25, 0.3) is 0 Å². The first kappa shape index (κ1) is 16.3. The van der Waals surface area contributed by atoms with Crippen LogP contribution in [0.4, 0.5) is 15.8 Å². The Labute approximate surface area is 134 Å². The molecule has 3 nitrogen and oxygen atoms in total. The summed E-state index contributed by atoms with van der Waals surface area (Å²) in [6.07, 6.45) is 0. The summed E-state index contributed by atoms with van der Waals surface area (Å²) < 4.78 is 13.0. The van der Waals surface area contributed by atoms with Crippen LogP contribution in [0.2, 0.25) is 5.02 Å². The minimum absolute atomic E-state index is 0.0537. The van der Waals surface area contributed by atoms with Crippen LogP contribution in [0.3, 0.4) is 0 Å². The second kappa shape index (κ2) is 6.79. The van der Waals surface area contributed by atoms with Gasteiger partial charge in [-0.2, -0.15) is 0 Å². The van der Waals surface area contributed by atoms with Crippen LogP contribution >= 0.6 is 11.6 Å². The number of amides is 1. The van der Waals surface area contributed by atoms with Gasteiger partial charge in [0.2, 0.25) is 5.91 Å². The van der Waals surface area contributed by atoms with Crippen LogP contribution in [0.15, 0.2) is 30.3 Å². The van der Waals surface area contributed by atoms with Gasteiger partial charge in [-0.15, -0.1) is 0 Å². The molecule has 0 heterocycles. The molecule has 0 aliphatic heterocycles. The summed E-state index contributed by atoms with van der Waals surface area (Å²) in [7, 11) is 0. The number of anilines is 2. The zero-order valence-corrected chi connectivity index (χ0v) is 13.5. The van der Waals surface area contributed by atoms with Crippen LogP contribution in [-0.4, -0.2) is 12.5 Å². The van der Waals surface area contributed by atoms with E-state index >= 15 is 0 Å². The molecule has 116 valence electrons.